The molecule has 2 aromatic rings. The fraction of sp³-hybridized carbons (Fsp3) is 0.133. The van der Waals surface area contributed by atoms with E-state index in [-0.39, 0.29) is 5.56 Å². The molecule has 0 saturated heterocycles. The Morgan fingerprint density at radius 3 is 2.74 bits per heavy atom. The van der Waals surface area contributed by atoms with Gasteiger partial charge in [-0.25, -0.2) is 4.39 Å². The Balaban J connectivity index is 2.10. The Morgan fingerprint density at radius 2 is 2.05 bits per heavy atom. The third-order valence-corrected chi connectivity index (χ3v) is 3.67. The van der Waals surface area contributed by atoms with Crippen molar-refractivity contribution in [2.75, 3.05) is 5.32 Å². The molecule has 4 heteroatoms. The molecule has 0 unspecified atom stereocenters. The molecule has 0 heterocycles. The van der Waals surface area contributed by atoms with E-state index in [2.05, 4.69) is 21.2 Å². The molecule has 0 aromatic heterocycles. The van der Waals surface area contributed by atoms with Gasteiger partial charge in [-0.3, -0.25) is 0 Å². The SMILES string of the molecule is Cc1ccc(CNc2ccc(F)c(C#N)c2)cc1Br. The Labute approximate surface area is 120 Å². The zero-order valence-electron chi connectivity index (χ0n) is 10.4. The number of hydrogen-bond donors (Lipinski definition) is 1. The monoisotopic (exact) mass is 318 g/mol. The van der Waals surface area contributed by atoms with Crippen molar-refractivity contribution in [1.82, 2.24) is 0 Å². The fourth-order valence-corrected chi connectivity index (χ4v) is 2.10. The molecular formula is C15H12BrFN2. The first-order chi connectivity index (χ1) is 9.10. The van der Waals surface area contributed by atoms with Gasteiger partial charge in [-0.2, -0.15) is 5.26 Å². The van der Waals surface area contributed by atoms with Gasteiger partial charge < -0.3 is 5.32 Å². The van der Waals surface area contributed by atoms with E-state index in [1.807, 2.05) is 31.2 Å². The van der Waals surface area contributed by atoms with Crippen molar-refractivity contribution in [2.24, 2.45) is 0 Å². The van der Waals surface area contributed by atoms with Crippen LogP contribution in [-0.2, 0) is 6.54 Å². The maximum atomic E-state index is 13.2. The third kappa shape index (κ3) is 3.33. The van der Waals surface area contributed by atoms with Crippen molar-refractivity contribution < 1.29 is 4.39 Å². The van der Waals surface area contributed by atoms with Crippen LogP contribution in [-0.4, -0.2) is 0 Å². The van der Waals surface area contributed by atoms with Crippen molar-refractivity contribution in [1.29, 1.82) is 5.26 Å². The van der Waals surface area contributed by atoms with Gasteiger partial charge in [-0.05, 0) is 42.3 Å². The third-order valence-electron chi connectivity index (χ3n) is 2.82. The van der Waals surface area contributed by atoms with E-state index < -0.39 is 5.82 Å². The van der Waals surface area contributed by atoms with Crippen LogP contribution in [0.15, 0.2) is 40.9 Å². The summed E-state index contributed by atoms with van der Waals surface area (Å²) in [5, 5.41) is 11.9. The van der Waals surface area contributed by atoms with Gasteiger partial charge in [-0.1, -0.05) is 28.1 Å². The molecule has 0 radical (unpaired) electrons. The van der Waals surface area contributed by atoms with Crippen molar-refractivity contribution in [3.8, 4) is 6.07 Å². The van der Waals surface area contributed by atoms with Gasteiger partial charge in [0.15, 0.2) is 0 Å². The first kappa shape index (κ1) is 13.6. The lowest BCUT2D eigenvalue weighted by Crippen LogP contribution is -2.00. The van der Waals surface area contributed by atoms with Crippen LogP contribution in [0.5, 0.6) is 0 Å². The van der Waals surface area contributed by atoms with E-state index >= 15 is 0 Å². The van der Waals surface area contributed by atoms with Gasteiger partial charge in [0.2, 0.25) is 0 Å². The second kappa shape index (κ2) is 5.85. The summed E-state index contributed by atoms with van der Waals surface area (Å²) in [5.74, 6) is -0.494. The first-order valence-electron chi connectivity index (χ1n) is 5.78. The average molecular weight is 319 g/mol. The van der Waals surface area contributed by atoms with E-state index in [1.54, 1.807) is 6.07 Å². The number of aryl methyl sites for hydroxylation is 1. The van der Waals surface area contributed by atoms with E-state index in [0.717, 1.165) is 15.7 Å². The normalized spacial score (nSPS) is 10.0. The highest BCUT2D eigenvalue weighted by molar-refractivity contribution is 9.10. The zero-order valence-corrected chi connectivity index (χ0v) is 12.0. The number of anilines is 1. The van der Waals surface area contributed by atoms with Crippen LogP contribution in [0.1, 0.15) is 16.7 Å². The number of halogens is 2. The Hall–Kier alpha value is -1.86. The van der Waals surface area contributed by atoms with Gasteiger partial charge in [0.05, 0.1) is 5.56 Å². The molecule has 0 atom stereocenters. The maximum Gasteiger partial charge on any atom is 0.141 e. The van der Waals surface area contributed by atoms with Crippen molar-refractivity contribution in [2.45, 2.75) is 13.5 Å². The van der Waals surface area contributed by atoms with Gasteiger partial charge in [0, 0.05) is 16.7 Å². The molecule has 1 N–H and O–H groups in total. The summed E-state index contributed by atoms with van der Waals surface area (Å²) in [6.45, 7) is 2.65. The number of hydrogen-bond acceptors (Lipinski definition) is 2. The highest BCUT2D eigenvalue weighted by Gasteiger charge is 2.03. The molecule has 0 fully saturated rings. The predicted molar refractivity (Wildman–Crippen MR) is 77.3 cm³/mol. The molecule has 0 aliphatic carbocycles. The van der Waals surface area contributed by atoms with E-state index in [0.29, 0.717) is 6.54 Å². The molecule has 0 aliphatic rings. The number of benzene rings is 2. The Kier molecular flexibility index (Phi) is 4.18. The molecule has 0 amide bonds. The minimum atomic E-state index is -0.494. The highest BCUT2D eigenvalue weighted by atomic mass is 79.9. The quantitative estimate of drug-likeness (QED) is 0.911. The zero-order chi connectivity index (χ0) is 13.8. The van der Waals surface area contributed by atoms with Gasteiger partial charge in [-0.15, -0.1) is 0 Å². The Morgan fingerprint density at radius 1 is 1.26 bits per heavy atom. The molecule has 0 aliphatic heterocycles. The summed E-state index contributed by atoms with van der Waals surface area (Å²) in [7, 11) is 0. The average Bonchev–Trinajstić information content (AvgIpc) is 2.41. The van der Waals surface area contributed by atoms with Gasteiger partial charge >= 0.3 is 0 Å². The molecule has 19 heavy (non-hydrogen) atoms. The minimum Gasteiger partial charge on any atom is -0.381 e. The van der Waals surface area contributed by atoms with E-state index in [4.69, 9.17) is 5.26 Å². The molecular weight excluding hydrogens is 307 g/mol. The summed E-state index contributed by atoms with van der Waals surface area (Å²) in [6, 6.07) is 12.4. The lowest BCUT2D eigenvalue weighted by Gasteiger charge is -2.08. The summed E-state index contributed by atoms with van der Waals surface area (Å²) in [5.41, 5.74) is 3.07. The summed E-state index contributed by atoms with van der Waals surface area (Å²) >= 11 is 3.48. The smallest absolute Gasteiger partial charge is 0.141 e. The Bertz CT molecular complexity index is 647. The standard InChI is InChI=1S/C15H12BrFN2/c1-10-2-3-11(6-14(10)16)9-19-13-4-5-15(17)12(7-13)8-18/h2-7,19H,9H2,1H3. The van der Waals surface area contributed by atoms with Crippen LogP contribution in [0, 0.1) is 24.1 Å². The number of nitrogens with one attached hydrogen (secondary N) is 1. The molecule has 0 spiro atoms. The van der Waals surface area contributed by atoms with E-state index in [9.17, 15) is 4.39 Å². The van der Waals surface area contributed by atoms with Crippen molar-refractivity contribution >= 4 is 21.6 Å². The topological polar surface area (TPSA) is 35.8 Å². The lowest BCUT2D eigenvalue weighted by molar-refractivity contribution is 0.624. The van der Waals surface area contributed by atoms with E-state index in [1.165, 1.54) is 17.7 Å². The molecule has 96 valence electrons. The largest absolute Gasteiger partial charge is 0.381 e. The lowest BCUT2D eigenvalue weighted by atomic mass is 10.1. The van der Waals surface area contributed by atoms with Crippen LogP contribution in [0.2, 0.25) is 0 Å². The summed E-state index contributed by atoms with van der Waals surface area (Å²) in [6.07, 6.45) is 0. The molecule has 2 nitrogen and oxygen atoms in total. The first-order valence-corrected chi connectivity index (χ1v) is 6.58. The van der Waals surface area contributed by atoms with Crippen molar-refractivity contribution in [3.05, 3.63) is 63.4 Å². The van der Waals surface area contributed by atoms with Crippen LogP contribution in [0.25, 0.3) is 0 Å². The van der Waals surface area contributed by atoms with Gasteiger partial charge in [0.25, 0.3) is 0 Å². The minimum absolute atomic E-state index is 0.0510. The molecule has 2 rings (SSSR count). The fourth-order valence-electron chi connectivity index (χ4n) is 1.67. The summed E-state index contributed by atoms with van der Waals surface area (Å²) < 4.78 is 14.2. The number of rotatable bonds is 3. The highest BCUT2D eigenvalue weighted by Crippen LogP contribution is 2.19. The molecule has 0 saturated carbocycles. The molecule has 2 aromatic carbocycles. The van der Waals surface area contributed by atoms with Gasteiger partial charge in [0.1, 0.15) is 11.9 Å². The van der Waals surface area contributed by atoms with Crippen LogP contribution in [0.4, 0.5) is 10.1 Å². The number of nitrogens with zero attached hydrogens (tertiary/aromatic N) is 1. The summed E-state index contributed by atoms with van der Waals surface area (Å²) in [4.78, 5) is 0. The van der Waals surface area contributed by atoms with Crippen molar-refractivity contribution in [3.63, 3.8) is 0 Å². The maximum absolute atomic E-state index is 13.2. The van der Waals surface area contributed by atoms with Crippen LogP contribution >= 0.6 is 15.9 Å². The predicted octanol–water partition coefficient (Wildman–Crippen LogP) is 4.38. The van der Waals surface area contributed by atoms with Crippen LogP contribution in [0.3, 0.4) is 0 Å². The second-order valence-electron chi connectivity index (χ2n) is 4.24. The number of nitriles is 1. The molecule has 0 bridgehead atoms. The second-order valence-corrected chi connectivity index (χ2v) is 5.10. The van der Waals surface area contributed by atoms with Crippen LogP contribution < -0.4 is 5.32 Å².